The average molecular weight is 363 g/mol. The molecule has 0 spiro atoms. The number of rotatable bonds is 6. The fourth-order valence-corrected chi connectivity index (χ4v) is 2.76. The van der Waals surface area contributed by atoms with Crippen LogP contribution in [0.15, 0.2) is 24.3 Å². The number of amides is 1. The number of hydrogen-bond donors (Lipinski definition) is 2. The molecule has 0 saturated heterocycles. The minimum absolute atomic E-state index is 0.0475. The number of carboxylic acids is 1. The Morgan fingerprint density at radius 1 is 1.32 bits per heavy atom. The molecule has 1 fully saturated rings. The zero-order valence-corrected chi connectivity index (χ0v) is 14.7. The SMILES string of the molecule is CC(C)[C@@H](NC(=O)c1nc(C2CC2)n(-c2ccccc2Cl)n1)C(=O)O. The van der Waals surface area contributed by atoms with Crippen LogP contribution in [0.2, 0.25) is 5.02 Å². The van der Waals surface area contributed by atoms with Crippen LogP contribution >= 0.6 is 11.6 Å². The fourth-order valence-electron chi connectivity index (χ4n) is 2.55. The van der Waals surface area contributed by atoms with Gasteiger partial charge in [-0.3, -0.25) is 4.79 Å². The van der Waals surface area contributed by atoms with Gasteiger partial charge in [0.25, 0.3) is 5.91 Å². The number of carbonyl (C=O) groups is 2. The lowest BCUT2D eigenvalue weighted by molar-refractivity contribution is -0.140. The molecule has 1 aliphatic rings. The molecule has 1 aliphatic carbocycles. The lowest BCUT2D eigenvalue weighted by atomic mass is 10.1. The Balaban J connectivity index is 1.93. The summed E-state index contributed by atoms with van der Waals surface area (Å²) in [4.78, 5) is 28.1. The van der Waals surface area contributed by atoms with Crippen molar-refractivity contribution in [3.05, 3.63) is 40.9 Å². The summed E-state index contributed by atoms with van der Waals surface area (Å²) >= 11 is 6.25. The molecule has 2 aromatic rings. The van der Waals surface area contributed by atoms with Crippen molar-refractivity contribution in [1.82, 2.24) is 20.1 Å². The number of aromatic nitrogens is 3. The highest BCUT2D eigenvalue weighted by molar-refractivity contribution is 6.32. The van der Waals surface area contributed by atoms with Gasteiger partial charge in [0.15, 0.2) is 0 Å². The molecule has 1 aromatic carbocycles. The van der Waals surface area contributed by atoms with E-state index in [1.165, 1.54) is 0 Å². The van der Waals surface area contributed by atoms with E-state index in [9.17, 15) is 14.7 Å². The second kappa shape index (κ2) is 6.84. The van der Waals surface area contributed by atoms with Crippen LogP contribution in [-0.2, 0) is 4.79 Å². The molecule has 1 atom stereocenters. The molecule has 25 heavy (non-hydrogen) atoms. The summed E-state index contributed by atoms with van der Waals surface area (Å²) < 4.78 is 1.58. The van der Waals surface area contributed by atoms with Crippen molar-refractivity contribution in [2.24, 2.45) is 5.92 Å². The van der Waals surface area contributed by atoms with Crippen LogP contribution in [0.5, 0.6) is 0 Å². The van der Waals surface area contributed by atoms with E-state index in [1.807, 2.05) is 12.1 Å². The van der Waals surface area contributed by atoms with Gasteiger partial charge in [0, 0.05) is 5.92 Å². The number of nitrogens with one attached hydrogen (secondary N) is 1. The number of carbonyl (C=O) groups excluding carboxylic acids is 1. The van der Waals surface area contributed by atoms with Crippen molar-refractivity contribution in [3.63, 3.8) is 0 Å². The smallest absolute Gasteiger partial charge is 0.326 e. The zero-order chi connectivity index (χ0) is 18.1. The molecule has 8 heteroatoms. The molecule has 0 aliphatic heterocycles. The van der Waals surface area contributed by atoms with E-state index in [1.54, 1.807) is 30.7 Å². The number of nitrogens with zero attached hydrogens (tertiary/aromatic N) is 3. The van der Waals surface area contributed by atoms with Gasteiger partial charge in [-0.15, -0.1) is 5.10 Å². The third-order valence-electron chi connectivity index (χ3n) is 4.08. The molecule has 1 saturated carbocycles. The Hall–Kier alpha value is -2.41. The normalized spacial score (nSPS) is 15.2. The third-order valence-corrected chi connectivity index (χ3v) is 4.40. The molecule has 7 nitrogen and oxygen atoms in total. The fraction of sp³-hybridized carbons (Fsp3) is 0.412. The molecule has 0 unspecified atom stereocenters. The second-order valence-electron chi connectivity index (χ2n) is 6.46. The Morgan fingerprint density at radius 2 is 2.00 bits per heavy atom. The topological polar surface area (TPSA) is 97.1 Å². The molecule has 132 valence electrons. The van der Waals surface area contributed by atoms with Gasteiger partial charge >= 0.3 is 5.97 Å². The number of hydrogen-bond acceptors (Lipinski definition) is 4. The number of aliphatic carboxylic acids is 1. The van der Waals surface area contributed by atoms with Gasteiger partial charge in [-0.25, -0.2) is 14.5 Å². The van der Waals surface area contributed by atoms with E-state index in [-0.39, 0.29) is 17.7 Å². The Morgan fingerprint density at radius 3 is 2.56 bits per heavy atom. The highest BCUT2D eigenvalue weighted by Gasteiger charge is 2.33. The quantitative estimate of drug-likeness (QED) is 0.823. The maximum absolute atomic E-state index is 12.4. The first-order chi connectivity index (χ1) is 11.9. The van der Waals surface area contributed by atoms with Crippen molar-refractivity contribution < 1.29 is 14.7 Å². The maximum Gasteiger partial charge on any atom is 0.326 e. The monoisotopic (exact) mass is 362 g/mol. The van der Waals surface area contributed by atoms with Crippen molar-refractivity contribution in [2.75, 3.05) is 0 Å². The number of para-hydroxylation sites is 1. The van der Waals surface area contributed by atoms with Gasteiger partial charge in [-0.1, -0.05) is 37.6 Å². The molecular weight excluding hydrogens is 344 g/mol. The summed E-state index contributed by atoms with van der Waals surface area (Å²) in [5.41, 5.74) is 0.649. The third kappa shape index (κ3) is 3.66. The number of carboxylic acid groups (broad SMARTS) is 1. The Labute approximate surface area is 150 Å². The highest BCUT2D eigenvalue weighted by atomic mass is 35.5. The summed E-state index contributed by atoms with van der Waals surface area (Å²) in [7, 11) is 0. The molecule has 0 radical (unpaired) electrons. The molecular formula is C17H19ClN4O3. The van der Waals surface area contributed by atoms with Crippen LogP contribution < -0.4 is 5.32 Å². The summed E-state index contributed by atoms with van der Waals surface area (Å²) in [6.07, 6.45) is 1.96. The average Bonchev–Trinajstić information content (AvgIpc) is 3.31. The lowest BCUT2D eigenvalue weighted by Crippen LogP contribution is -2.44. The van der Waals surface area contributed by atoms with E-state index >= 15 is 0 Å². The van der Waals surface area contributed by atoms with Gasteiger partial charge in [-0.2, -0.15) is 0 Å². The summed E-state index contributed by atoms with van der Waals surface area (Å²) in [6.45, 7) is 3.45. The molecule has 1 heterocycles. The van der Waals surface area contributed by atoms with Crippen molar-refractivity contribution in [1.29, 1.82) is 0 Å². The Kier molecular flexibility index (Phi) is 4.76. The van der Waals surface area contributed by atoms with Crippen molar-refractivity contribution in [3.8, 4) is 5.69 Å². The first kappa shape index (κ1) is 17.4. The van der Waals surface area contributed by atoms with Crippen LogP contribution in [0, 0.1) is 5.92 Å². The van der Waals surface area contributed by atoms with Crippen LogP contribution in [-0.4, -0.2) is 37.8 Å². The largest absolute Gasteiger partial charge is 0.480 e. The Bertz CT molecular complexity index is 814. The van der Waals surface area contributed by atoms with Crippen LogP contribution in [0.3, 0.4) is 0 Å². The predicted molar refractivity (Wildman–Crippen MR) is 92.1 cm³/mol. The van der Waals surface area contributed by atoms with Crippen LogP contribution in [0.25, 0.3) is 5.69 Å². The van der Waals surface area contributed by atoms with Gasteiger partial charge in [0.2, 0.25) is 5.82 Å². The van der Waals surface area contributed by atoms with Gasteiger partial charge < -0.3 is 10.4 Å². The summed E-state index contributed by atoms with van der Waals surface area (Å²) in [6, 6.07) is 6.20. The van der Waals surface area contributed by atoms with Crippen molar-refractivity contribution >= 4 is 23.5 Å². The van der Waals surface area contributed by atoms with Gasteiger partial charge in [-0.05, 0) is 30.9 Å². The summed E-state index contributed by atoms with van der Waals surface area (Å²) in [5, 5.41) is 16.5. The molecule has 1 amide bonds. The van der Waals surface area contributed by atoms with Crippen molar-refractivity contribution in [2.45, 2.75) is 38.6 Å². The van der Waals surface area contributed by atoms with Crippen LogP contribution in [0.4, 0.5) is 0 Å². The van der Waals surface area contributed by atoms with E-state index in [2.05, 4.69) is 15.4 Å². The first-order valence-electron chi connectivity index (χ1n) is 8.14. The standard InChI is InChI=1S/C17H19ClN4O3/c1-9(2)13(17(24)25)19-16(23)14-20-15(10-7-8-10)22(21-14)12-6-4-3-5-11(12)18/h3-6,9-10,13H,7-8H2,1-2H3,(H,19,23)(H,24,25)/t13-/m1/s1. The van der Waals surface area contributed by atoms with E-state index in [4.69, 9.17) is 11.6 Å². The maximum atomic E-state index is 12.4. The summed E-state index contributed by atoms with van der Waals surface area (Å²) in [5.74, 6) is -1.07. The molecule has 1 aromatic heterocycles. The second-order valence-corrected chi connectivity index (χ2v) is 6.87. The molecule has 2 N–H and O–H groups in total. The highest BCUT2D eigenvalue weighted by Crippen LogP contribution is 2.40. The number of benzene rings is 1. The minimum atomic E-state index is -1.09. The molecule has 0 bridgehead atoms. The predicted octanol–water partition coefficient (Wildman–Crippen LogP) is 2.64. The van der Waals surface area contributed by atoms with Crippen LogP contribution in [0.1, 0.15) is 49.1 Å². The van der Waals surface area contributed by atoms with E-state index in [0.29, 0.717) is 16.5 Å². The van der Waals surface area contributed by atoms with Gasteiger partial charge in [0.1, 0.15) is 11.9 Å². The number of halogens is 1. The minimum Gasteiger partial charge on any atom is -0.480 e. The van der Waals surface area contributed by atoms with E-state index in [0.717, 1.165) is 12.8 Å². The molecule has 3 rings (SSSR count). The lowest BCUT2D eigenvalue weighted by Gasteiger charge is -2.16. The van der Waals surface area contributed by atoms with E-state index < -0.39 is 17.9 Å². The first-order valence-corrected chi connectivity index (χ1v) is 8.51. The zero-order valence-electron chi connectivity index (χ0n) is 13.9. The van der Waals surface area contributed by atoms with Gasteiger partial charge in [0.05, 0.1) is 10.7 Å².